The average Bonchev–Trinajstić information content (AvgIpc) is 3.01. The van der Waals surface area contributed by atoms with Gasteiger partial charge in [0.15, 0.2) is 11.5 Å². The molecule has 2 aliphatic carbocycles. The van der Waals surface area contributed by atoms with E-state index in [1.54, 1.807) is 7.11 Å². The van der Waals surface area contributed by atoms with Crippen molar-refractivity contribution in [1.29, 1.82) is 0 Å². The number of nitrogens with zero attached hydrogens (tertiary/aromatic N) is 1. The molecule has 116 valence electrons. The SMILES string of the molecule is COc1ccc2c3c1O[C@H]1[C@@H](O)C=C[C@H]4[C@@H](C)N(C)C2C[C@@]341. The number of methoxy groups -OCH3 is 1. The molecule has 0 saturated carbocycles. The van der Waals surface area contributed by atoms with Crippen LogP contribution >= 0.6 is 0 Å². The van der Waals surface area contributed by atoms with Crippen molar-refractivity contribution in [2.45, 2.75) is 43.1 Å². The normalized spacial score (nSPS) is 43.9. The molecule has 1 aromatic rings. The van der Waals surface area contributed by atoms with E-state index in [1.165, 1.54) is 11.1 Å². The van der Waals surface area contributed by atoms with Gasteiger partial charge in [0.1, 0.15) is 12.2 Å². The van der Waals surface area contributed by atoms with Gasteiger partial charge < -0.3 is 14.6 Å². The fraction of sp³-hybridized carbons (Fsp3) is 0.556. The second-order valence-corrected chi connectivity index (χ2v) is 7.17. The molecular formula is C18H21NO3. The van der Waals surface area contributed by atoms with Crippen molar-refractivity contribution >= 4 is 0 Å². The first-order valence-corrected chi connectivity index (χ1v) is 8.06. The first-order valence-electron chi connectivity index (χ1n) is 8.06. The van der Waals surface area contributed by atoms with Crippen molar-refractivity contribution in [3.05, 3.63) is 35.4 Å². The molecule has 4 nitrogen and oxygen atoms in total. The van der Waals surface area contributed by atoms with Crippen molar-refractivity contribution in [3.63, 3.8) is 0 Å². The molecule has 2 bridgehead atoms. The number of ether oxygens (including phenoxy) is 2. The summed E-state index contributed by atoms with van der Waals surface area (Å²) in [6.45, 7) is 2.29. The van der Waals surface area contributed by atoms with Crippen LogP contribution in [0, 0.1) is 5.92 Å². The number of benzene rings is 1. The van der Waals surface area contributed by atoms with Crippen molar-refractivity contribution in [2.24, 2.45) is 5.92 Å². The van der Waals surface area contributed by atoms with E-state index in [4.69, 9.17) is 9.47 Å². The third kappa shape index (κ3) is 1.17. The third-order valence-electron chi connectivity index (χ3n) is 6.56. The largest absolute Gasteiger partial charge is 0.493 e. The third-order valence-corrected chi connectivity index (χ3v) is 6.56. The Morgan fingerprint density at radius 2 is 2.18 bits per heavy atom. The van der Waals surface area contributed by atoms with Crippen LogP contribution in [0.4, 0.5) is 0 Å². The molecule has 4 heteroatoms. The number of rotatable bonds is 1. The molecular weight excluding hydrogens is 278 g/mol. The highest BCUT2D eigenvalue weighted by Crippen LogP contribution is 2.67. The molecule has 1 unspecified atom stereocenters. The van der Waals surface area contributed by atoms with Gasteiger partial charge in [-0.15, -0.1) is 0 Å². The van der Waals surface area contributed by atoms with Gasteiger partial charge in [0.05, 0.1) is 7.11 Å². The minimum Gasteiger partial charge on any atom is -0.493 e. The molecule has 2 heterocycles. The topological polar surface area (TPSA) is 41.9 Å². The van der Waals surface area contributed by atoms with E-state index in [0.29, 0.717) is 18.0 Å². The fourth-order valence-electron chi connectivity index (χ4n) is 5.50. The Morgan fingerprint density at radius 1 is 1.36 bits per heavy atom. The highest BCUT2D eigenvalue weighted by Gasteiger charge is 2.67. The zero-order valence-electron chi connectivity index (χ0n) is 13.1. The van der Waals surface area contributed by atoms with Gasteiger partial charge in [-0.05, 0) is 32.0 Å². The average molecular weight is 299 g/mol. The summed E-state index contributed by atoms with van der Waals surface area (Å²) >= 11 is 0. The minimum absolute atomic E-state index is 0.0933. The van der Waals surface area contributed by atoms with Crippen LogP contribution in [-0.4, -0.2) is 42.4 Å². The first-order chi connectivity index (χ1) is 10.6. The monoisotopic (exact) mass is 299 g/mol. The van der Waals surface area contributed by atoms with Crippen molar-refractivity contribution < 1.29 is 14.6 Å². The lowest BCUT2D eigenvalue weighted by atomic mass is 9.60. The smallest absolute Gasteiger partial charge is 0.166 e. The molecule has 4 aliphatic rings. The molecule has 1 N–H and O–H groups in total. The molecule has 1 aromatic carbocycles. The standard InChI is InChI=1S/C18H21NO3/c1-9-11-5-6-13(20)17-18(11)8-12(19(9)2)10-4-7-14(21-3)16(22-17)15(10)18/h4-7,9,11-13,17,20H,8H2,1-3H3/t9-,11+,12?,13+,17+,18+/m1/s1. The summed E-state index contributed by atoms with van der Waals surface area (Å²) in [5.41, 5.74) is 2.56. The van der Waals surface area contributed by atoms with Gasteiger partial charge in [0.25, 0.3) is 0 Å². The number of aliphatic hydroxyl groups excluding tert-OH is 1. The van der Waals surface area contributed by atoms with Crippen LogP contribution < -0.4 is 9.47 Å². The lowest BCUT2D eigenvalue weighted by Gasteiger charge is -2.51. The number of piperidine rings is 1. The number of hydrogen-bond acceptors (Lipinski definition) is 4. The molecule has 1 fully saturated rings. The van der Waals surface area contributed by atoms with Gasteiger partial charge in [-0.1, -0.05) is 18.2 Å². The van der Waals surface area contributed by atoms with Crippen molar-refractivity contribution in [3.8, 4) is 11.5 Å². The van der Waals surface area contributed by atoms with E-state index in [2.05, 4.69) is 31.0 Å². The van der Waals surface area contributed by atoms with Gasteiger partial charge >= 0.3 is 0 Å². The van der Waals surface area contributed by atoms with Gasteiger partial charge in [-0.25, -0.2) is 0 Å². The quantitative estimate of drug-likeness (QED) is 0.806. The second kappa shape index (κ2) is 3.87. The lowest BCUT2D eigenvalue weighted by molar-refractivity contribution is -0.0473. The number of hydrogen-bond donors (Lipinski definition) is 1. The summed E-state index contributed by atoms with van der Waals surface area (Å²) in [4.78, 5) is 2.48. The Bertz CT molecular complexity index is 700. The zero-order valence-corrected chi connectivity index (χ0v) is 13.1. The maximum Gasteiger partial charge on any atom is 0.166 e. The summed E-state index contributed by atoms with van der Waals surface area (Å²) in [7, 11) is 3.90. The first kappa shape index (κ1) is 13.0. The minimum atomic E-state index is -0.546. The van der Waals surface area contributed by atoms with Crippen LogP contribution in [0.15, 0.2) is 24.3 Å². The van der Waals surface area contributed by atoms with E-state index in [1.807, 2.05) is 12.1 Å². The van der Waals surface area contributed by atoms with E-state index in [0.717, 1.165) is 17.9 Å². The van der Waals surface area contributed by atoms with E-state index in [9.17, 15) is 5.11 Å². The van der Waals surface area contributed by atoms with Gasteiger partial charge in [0, 0.05) is 29.0 Å². The maximum atomic E-state index is 10.5. The number of likely N-dealkylation sites (tertiary alicyclic amines) is 1. The molecule has 2 aliphatic heterocycles. The summed E-state index contributed by atoms with van der Waals surface area (Å²) in [6, 6.07) is 5.05. The molecule has 1 spiro atoms. The van der Waals surface area contributed by atoms with Gasteiger partial charge in [-0.3, -0.25) is 4.90 Å². The summed E-state index contributed by atoms with van der Waals surface area (Å²) in [6.07, 6.45) is 4.43. The summed E-state index contributed by atoms with van der Waals surface area (Å²) in [5.74, 6) is 2.02. The van der Waals surface area contributed by atoms with Crippen LogP contribution in [0.2, 0.25) is 0 Å². The fourth-order valence-corrected chi connectivity index (χ4v) is 5.50. The van der Waals surface area contributed by atoms with Crippen molar-refractivity contribution in [2.75, 3.05) is 14.2 Å². The molecule has 6 atom stereocenters. The predicted octanol–water partition coefficient (Wildman–Crippen LogP) is 2.02. The van der Waals surface area contributed by atoms with Gasteiger partial charge in [-0.2, -0.15) is 0 Å². The molecule has 0 radical (unpaired) electrons. The highest BCUT2D eigenvalue weighted by atomic mass is 16.5. The number of aliphatic hydroxyl groups is 1. The molecule has 1 saturated heterocycles. The molecule has 0 aromatic heterocycles. The van der Waals surface area contributed by atoms with Crippen LogP contribution in [0.5, 0.6) is 11.5 Å². The lowest BCUT2D eigenvalue weighted by Crippen LogP contribution is -2.59. The Morgan fingerprint density at radius 3 is 2.95 bits per heavy atom. The Balaban J connectivity index is 1.85. The molecule has 22 heavy (non-hydrogen) atoms. The zero-order chi connectivity index (χ0) is 15.2. The Hall–Kier alpha value is -1.52. The molecule has 5 rings (SSSR count). The Kier molecular flexibility index (Phi) is 2.28. The Labute approximate surface area is 130 Å². The highest BCUT2D eigenvalue weighted by molar-refractivity contribution is 5.64. The molecule has 0 amide bonds. The van der Waals surface area contributed by atoms with Gasteiger partial charge in [0.2, 0.25) is 0 Å². The van der Waals surface area contributed by atoms with Crippen LogP contribution in [0.25, 0.3) is 0 Å². The maximum absolute atomic E-state index is 10.5. The predicted molar refractivity (Wildman–Crippen MR) is 82.3 cm³/mol. The van der Waals surface area contributed by atoms with Crippen LogP contribution in [0.1, 0.15) is 30.5 Å². The van der Waals surface area contributed by atoms with E-state index < -0.39 is 6.10 Å². The van der Waals surface area contributed by atoms with Crippen LogP contribution in [0.3, 0.4) is 0 Å². The number of fused-ring (bicyclic) bond motifs is 2. The van der Waals surface area contributed by atoms with E-state index >= 15 is 0 Å². The second-order valence-electron chi connectivity index (χ2n) is 7.17. The summed E-state index contributed by atoms with van der Waals surface area (Å²) < 4.78 is 11.8. The van der Waals surface area contributed by atoms with E-state index in [-0.39, 0.29) is 11.5 Å². The van der Waals surface area contributed by atoms with Crippen molar-refractivity contribution in [1.82, 2.24) is 4.90 Å². The van der Waals surface area contributed by atoms with Crippen LogP contribution in [-0.2, 0) is 5.41 Å². The summed E-state index contributed by atoms with van der Waals surface area (Å²) in [5, 5.41) is 10.5.